The van der Waals surface area contributed by atoms with Crippen molar-refractivity contribution in [2.75, 3.05) is 32.7 Å². The number of nitrogens with one attached hydrogen (secondary N) is 2. The van der Waals surface area contributed by atoms with Crippen LogP contribution in [0, 0.1) is 17.2 Å². The minimum Gasteiger partial charge on any atom is -0.333 e. The van der Waals surface area contributed by atoms with E-state index in [1.54, 1.807) is 19.1 Å². The zero-order chi connectivity index (χ0) is 21.2. The predicted molar refractivity (Wildman–Crippen MR) is 110 cm³/mol. The fourth-order valence-electron chi connectivity index (χ4n) is 3.84. The molecule has 1 heterocycles. The van der Waals surface area contributed by atoms with Crippen LogP contribution < -0.4 is 10.2 Å². The molecule has 158 valence electrons. The van der Waals surface area contributed by atoms with E-state index < -0.39 is 15.6 Å². The van der Waals surface area contributed by atoms with Crippen molar-refractivity contribution in [1.29, 1.82) is 5.26 Å². The summed E-state index contributed by atoms with van der Waals surface area (Å²) in [4.78, 5) is 13.7. The van der Waals surface area contributed by atoms with Crippen LogP contribution in [0.1, 0.15) is 45.1 Å². The normalized spacial score (nSPS) is 20.8. The number of hydrogen-bond donors (Lipinski definition) is 2. The standard InChI is InChI=1S/C21H30N4O3S/c1-16(2)17-4-8-19(9-5-17)29(27,28)25-12-10-24(11-13-25)14-20(26)23-21(3,15-22)18-6-7-18/h4-5,8-9,16,18H,6-7,10-14H2,1-3H3,(H,23,26)/p+1/t21-/m1/s1. The number of nitrogens with zero attached hydrogens (tertiary/aromatic N) is 2. The van der Waals surface area contributed by atoms with Crippen LogP contribution in [0.3, 0.4) is 0 Å². The molecule has 0 unspecified atom stereocenters. The summed E-state index contributed by atoms with van der Waals surface area (Å²) in [5.74, 6) is 0.458. The van der Waals surface area contributed by atoms with Crippen LogP contribution in [-0.4, -0.2) is 56.9 Å². The second kappa shape index (κ2) is 8.42. The molecule has 7 nitrogen and oxygen atoms in total. The number of rotatable bonds is 7. The van der Waals surface area contributed by atoms with Crippen molar-refractivity contribution in [3.63, 3.8) is 0 Å². The molecule has 1 aliphatic heterocycles. The van der Waals surface area contributed by atoms with E-state index in [1.165, 1.54) is 4.31 Å². The van der Waals surface area contributed by atoms with E-state index in [1.807, 2.05) is 12.1 Å². The van der Waals surface area contributed by atoms with E-state index >= 15 is 0 Å². The van der Waals surface area contributed by atoms with Crippen molar-refractivity contribution in [1.82, 2.24) is 9.62 Å². The quantitative estimate of drug-likeness (QED) is 0.673. The van der Waals surface area contributed by atoms with Crippen LogP contribution in [-0.2, 0) is 14.8 Å². The van der Waals surface area contributed by atoms with Gasteiger partial charge in [-0.3, -0.25) is 4.79 Å². The Kier molecular flexibility index (Phi) is 6.32. The first-order valence-corrected chi connectivity index (χ1v) is 11.8. The molecule has 1 aromatic rings. The molecular formula is C21H31N4O3S+. The summed E-state index contributed by atoms with van der Waals surface area (Å²) in [6.07, 6.45) is 1.96. The summed E-state index contributed by atoms with van der Waals surface area (Å²) in [7, 11) is -3.52. The van der Waals surface area contributed by atoms with Crippen LogP contribution in [0.2, 0.25) is 0 Å². The number of piperazine rings is 1. The Morgan fingerprint density at radius 3 is 2.34 bits per heavy atom. The maximum atomic E-state index is 12.9. The summed E-state index contributed by atoms with van der Waals surface area (Å²) in [6.45, 7) is 8.11. The third-order valence-corrected chi connectivity index (χ3v) is 7.96. The Bertz CT molecular complexity index is 879. The van der Waals surface area contributed by atoms with Gasteiger partial charge in [0.25, 0.3) is 5.91 Å². The van der Waals surface area contributed by atoms with Gasteiger partial charge in [0.05, 0.1) is 37.1 Å². The minimum atomic E-state index is -3.52. The number of benzene rings is 1. The van der Waals surface area contributed by atoms with Gasteiger partial charge in [-0.15, -0.1) is 0 Å². The first kappa shape index (κ1) is 21.8. The van der Waals surface area contributed by atoms with Gasteiger partial charge in [0, 0.05) is 0 Å². The highest BCUT2D eigenvalue weighted by molar-refractivity contribution is 7.89. The Morgan fingerprint density at radius 1 is 1.28 bits per heavy atom. The van der Waals surface area contributed by atoms with Crippen LogP contribution in [0.4, 0.5) is 0 Å². The van der Waals surface area contributed by atoms with Gasteiger partial charge in [-0.2, -0.15) is 9.57 Å². The van der Waals surface area contributed by atoms with Gasteiger partial charge in [0.2, 0.25) is 10.0 Å². The van der Waals surface area contributed by atoms with E-state index in [0.29, 0.717) is 37.0 Å². The van der Waals surface area contributed by atoms with Crippen molar-refractivity contribution in [2.24, 2.45) is 5.92 Å². The highest BCUT2D eigenvalue weighted by Crippen LogP contribution is 2.39. The van der Waals surface area contributed by atoms with E-state index in [2.05, 4.69) is 25.2 Å². The second-order valence-electron chi connectivity index (χ2n) is 8.69. The van der Waals surface area contributed by atoms with Crippen molar-refractivity contribution in [3.05, 3.63) is 29.8 Å². The lowest BCUT2D eigenvalue weighted by Crippen LogP contribution is -3.16. The molecule has 1 amide bonds. The summed E-state index contributed by atoms with van der Waals surface area (Å²) >= 11 is 0. The SMILES string of the molecule is CC(C)c1ccc(S(=O)(=O)N2CC[NH+](CC(=O)N[C@](C)(C#N)C3CC3)CC2)cc1. The van der Waals surface area contributed by atoms with Crippen molar-refractivity contribution in [2.45, 2.75) is 50.0 Å². The van der Waals surface area contributed by atoms with Gasteiger partial charge in [0.1, 0.15) is 5.54 Å². The summed E-state index contributed by atoms with van der Waals surface area (Å²) in [6, 6.07) is 9.33. The molecule has 8 heteroatoms. The molecule has 1 saturated heterocycles. The summed E-state index contributed by atoms with van der Waals surface area (Å²) in [5, 5.41) is 12.3. The maximum absolute atomic E-state index is 12.9. The molecule has 1 saturated carbocycles. The first-order chi connectivity index (χ1) is 13.7. The molecule has 0 radical (unpaired) electrons. The van der Waals surface area contributed by atoms with Crippen molar-refractivity contribution < 1.29 is 18.1 Å². The first-order valence-electron chi connectivity index (χ1n) is 10.3. The average molecular weight is 420 g/mol. The Morgan fingerprint density at radius 2 is 1.86 bits per heavy atom. The molecule has 29 heavy (non-hydrogen) atoms. The number of carbonyl (C=O) groups excluding carboxylic acids is 1. The Hall–Kier alpha value is -1.95. The molecule has 2 fully saturated rings. The van der Waals surface area contributed by atoms with Gasteiger partial charge in [-0.05, 0) is 49.3 Å². The topological polar surface area (TPSA) is 94.7 Å². The molecule has 0 aromatic heterocycles. The lowest BCUT2D eigenvalue weighted by atomic mass is 9.98. The number of sulfonamides is 1. The smallest absolute Gasteiger partial charge is 0.276 e. The molecule has 3 rings (SSSR count). The van der Waals surface area contributed by atoms with Crippen LogP contribution in [0.15, 0.2) is 29.2 Å². The Balaban J connectivity index is 1.54. The molecule has 0 spiro atoms. The van der Waals surface area contributed by atoms with Gasteiger partial charge in [0.15, 0.2) is 6.54 Å². The second-order valence-corrected chi connectivity index (χ2v) is 10.6. The third-order valence-electron chi connectivity index (χ3n) is 6.05. The lowest BCUT2D eigenvalue weighted by Gasteiger charge is -2.32. The highest BCUT2D eigenvalue weighted by Gasteiger charge is 2.43. The maximum Gasteiger partial charge on any atom is 0.276 e. The molecular weight excluding hydrogens is 388 g/mol. The molecule has 1 atom stereocenters. The van der Waals surface area contributed by atoms with Gasteiger partial charge < -0.3 is 10.2 Å². The van der Waals surface area contributed by atoms with Crippen LogP contribution in [0.5, 0.6) is 0 Å². The third kappa shape index (κ3) is 4.97. The van der Waals surface area contributed by atoms with Gasteiger partial charge in [-0.1, -0.05) is 26.0 Å². The van der Waals surface area contributed by atoms with Gasteiger partial charge >= 0.3 is 0 Å². The minimum absolute atomic E-state index is 0.142. The summed E-state index contributed by atoms with van der Waals surface area (Å²) < 4.78 is 27.3. The average Bonchev–Trinajstić information content (AvgIpc) is 3.54. The van der Waals surface area contributed by atoms with Crippen LogP contribution >= 0.6 is 0 Å². The highest BCUT2D eigenvalue weighted by atomic mass is 32.2. The van der Waals surface area contributed by atoms with E-state index in [0.717, 1.165) is 23.3 Å². The van der Waals surface area contributed by atoms with Crippen molar-refractivity contribution >= 4 is 15.9 Å². The summed E-state index contributed by atoms with van der Waals surface area (Å²) in [5.41, 5.74) is 0.323. The largest absolute Gasteiger partial charge is 0.333 e. The number of nitriles is 1. The number of quaternary nitrogens is 1. The van der Waals surface area contributed by atoms with E-state index in [9.17, 15) is 18.5 Å². The molecule has 2 aliphatic rings. The molecule has 0 bridgehead atoms. The number of carbonyl (C=O) groups is 1. The molecule has 2 N–H and O–H groups in total. The van der Waals surface area contributed by atoms with Gasteiger partial charge in [-0.25, -0.2) is 8.42 Å². The van der Waals surface area contributed by atoms with E-state index in [-0.39, 0.29) is 18.4 Å². The number of amides is 1. The van der Waals surface area contributed by atoms with Crippen LogP contribution in [0.25, 0.3) is 0 Å². The monoisotopic (exact) mass is 419 g/mol. The fraction of sp³-hybridized carbons (Fsp3) is 0.619. The number of hydrogen-bond acceptors (Lipinski definition) is 4. The lowest BCUT2D eigenvalue weighted by molar-refractivity contribution is -0.895. The molecule has 1 aromatic carbocycles. The zero-order valence-corrected chi connectivity index (χ0v) is 18.3. The predicted octanol–water partition coefficient (Wildman–Crippen LogP) is 0.508. The van der Waals surface area contributed by atoms with E-state index in [4.69, 9.17) is 0 Å². The molecule has 1 aliphatic carbocycles. The van der Waals surface area contributed by atoms with Crippen molar-refractivity contribution in [3.8, 4) is 6.07 Å². The Labute approximate surface area is 173 Å². The zero-order valence-electron chi connectivity index (χ0n) is 17.4. The fourth-order valence-corrected chi connectivity index (χ4v) is 5.28.